The third kappa shape index (κ3) is 3.65. The predicted molar refractivity (Wildman–Crippen MR) is 63.7 cm³/mol. The maximum Gasteiger partial charge on any atom is 0.253 e. The lowest BCUT2D eigenvalue weighted by atomic mass is 10.2. The zero-order valence-corrected chi connectivity index (χ0v) is 10.3. The summed E-state index contributed by atoms with van der Waals surface area (Å²) in [6.45, 7) is 1.84. The van der Waals surface area contributed by atoms with E-state index in [0.29, 0.717) is 12.3 Å². The predicted octanol–water partition coefficient (Wildman–Crippen LogP) is 3.23. The van der Waals surface area contributed by atoms with Crippen LogP contribution in [0.2, 0.25) is 5.02 Å². The molecule has 0 heterocycles. The Labute approximate surface area is 104 Å². The third-order valence-corrected chi connectivity index (χ3v) is 2.63. The van der Waals surface area contributed by atoms with Gasteiger partial charge in [0, 0.05) is 11.9 Å². The molecule has 1 aromatic carbocycles. The van der Waals surface area contributed by atoms with Crippen LogP contribution in [0.25, 0.3) is 0 Å². The van der Waals surface area contributed by atoms with Crippen LogP contribution in [0.5, 0.6) is 0 Å². The summed E-state index contributed by atoms with van der Waals surface area (Å²) in [5.74, 6) is -0.309. The molecule has 0 bridgehead atoms. The number of alkyl halides is 1. The Kier molecular flexibility index (Phi) is 5.03. The van der Waals surface area contributed by atoms with E-state index in [1.807, 2.05) is 6.92 Å². The van der Waals surface area contributed by atoms with Crippen molar-refractivity contribution in [3.63, 3.8) is 0 Å². The third-order valence-electron chi connectivity index (χ3n) is 2.10. The summed E-state index contributed by atoms with van der Waals surface area (Å²) < 4.78 is 12.8. The Balaban J connectivity index is 2.73. The van der Waals surface area contributed by atoms with Crippen LogP contribution in [0.4, 0.5) is 4.39 Å². The van der Waals surface area contributed by atoms with Gasteiger partial charge in [0.1, 0.15) is 5.82 Å². The first kappa shape index (κ1) is 13.3. The summed E-state index contributed by atoms with van der Waals surface area (Å²) in [5, 5.41) is 2.83. The minimum Gasteiger partial charge on any atom is -0.349 e. The highest BCUT2D eigenvalue weighted by atomic mass is 35.5. The standard InChI is InChI=1S/C11H12Cl2FNO/c1-7(4-5-12)15-11(16)9-3-2-8(14)6-10(9)13/h2-3,6-7H,4-5H2,1H3,(H,15,16). The zero-order valence-electron chi connectivity index (χ0n) is 8.77. The fraction of sp³-hybridized carbons (Fsp3) is 0.364. The van der Waals surface area contributed by atoms with Crippen LogP contribution < -0.4 is 5.32 Å². The van der Waals surface area contributed by atoms with Crippen molar-refractivity contribution in [2.24, 2.45) is 0 Å². The molecule has 1 amide bonds. The quantitative estimate of drug-likeness (QED) is 0.831. The average Bonchev–Trinajstić information content (AvgIpc) is 2.17. The molecule has 1 N–H and O–H groups in total. The second-order valence-corrected chi connectivity index (χ2v) is 4.26. The smallest absolute Gasteiger partial charge is 0.253 e. The maximum atomic E-state index is 12.8. The van der Waals surface area contributed by atoms with E-state index in [2.05, 4.69) is 5.32 Å². The van der Waals surface area contributed by atoms with E-state index in [1.165, 1.54) is 12.1 Å². The summed E-state index contributed by atoms with van der Waals surface area (Å²) in [5.41, 5.74) is 0.268. The molecule has 5 heteroatoms. The van der Waals surface area contributed by atoms with Crippen LogP contribution in [-0.4, -0.2) is 17.8 Å². The van der Waals surface area contributed by atoms with E-state index in [1.54, 1.807) is 0 Å². The number of rotatable bonds is 4. The van der Waals surface area contributed by atoms with Crippen molar-refractivity contribution in [2.45, 2.75) is 19.4 Å². The molecular weight excluding hydrogens is 252 g/mol. The molecule has 0 spiro atoms. The van der Waals surface area contributed by atoms with Gasteiger partial charge in [-0.2, -0.15) is 0 Å². The van der Waals surface area contributed by atoms with Crippen molar-refractivity contribution in [3.05, 3.63) is 34.6 Å². The number of carbonyl (C=O) groups is 1. The normalized spacial score (nSPS) is 12.2. The molecule has 0 saturated heterocycles. The van der Waals surface area contributed by atoms with Crippen LogP contribution in [0.1, 0.15) is 23.7 Å². The summed E-state index contributed by atoms with van der Waals surface area (Å²) in [6.07, 6.45) is 0.673. The summed E-state index contributed by atoms with van der Waals surface area (Å²) in [7, 11) is 0. The molecule has 1 atom stereocenters. The molecule has 0 aliphatic rings. The van der Waals surface area contributed by atoms with Crippen molar-refractivity contribution in [1.82, 2.24) is 5.32 Å². The molecule has 0 saturated carbocycles. The second kappa shape index (κ2) is 6.06. The Morgan fingerprint density at radius 2 is 2.25 bits per heavy atom. The molecule has 0 fully saturated rings. The van der Waals surface area contributed by atoms with Crippen LogP contribution >= 0.6 is 23.2 Å². The van der Waals surface area contributed by atoms with Gasteiger partial charge in [-0.15, -0.1) is 11.6 Å². The lowest BCUT2D eigenvalue weighted by Crippen LogP contribution is -2.33. The molecule has 0 aromatic heterocycles. The van der Waals surface area contributed by atoms with E-state index in [-0.39, 0.29) is 22.5 Å². The molecule has 2 nitrogen and oxygen atoms in total. The summed E-state index contributed by atoms with van der Waals surface area (Å²) in [6, 6.07) is 3.64. The van der Waals surface area contributed by atoms with Gasteiger partial charge in [-0.05, 0) is 31.5 Å². The minimum atomic E-state index is -0.463. The van der Waals surface area contributed by atoms with Crippen LogP contribution in [0.3, 0.4) is 0 Å². The number of hydrogen-bond donors (Lipinski definition) is 1. The Hall–Kier alpha value is -0.800. The average molecular weight is 264 g/mol. The van der Waals surface area contributed by atoms with E-state index < -0.39 is 5.82 Å². The molecule has 0 aliphatic carbocycles. The maximum absolute atomic E-state index is 12.8. The summed E-state index contributed by atoms with van der Waals surface area (Å²) >= 11 is 11.3. The Bertz CT molecular complexity index is 384. The number of amides is 1. The van der Waals surface area contributed by atoms with Crippen LogP contribution in [0.15, 0.2) is 18.2 Å². The number of nitrogens with one attached hydrogen (secondary N) is 1. The largest absolute Gasteiger partial charge is 0.349 e. The topological polar surface area (TPSA) is 29.1 Å². The minimum absolute atomic E-state index is 0.0360. The Morgan fingerprint density at radius 1 is 1.56 bits per heavy atom. The molecule has 1 rings (SSSR count). The molecule has 0 aliphatic heterocycles. The first-order chi connectivity index (χ1) is 7.54. The molecule has 1 unspecified atom stereocenters. The van der Waals surface area contributed by atoms with Crippen LogP contribution in [0, 0.1) is 5.82 Å². The van der Waals surface area contributed by atoms with Crippen LogP contribution in [-0.2, 0) is 0 Å². The number of carbonyl (C=O) groups excluding carboxylic acids is 1. The van der Waals surface area contributed by atoms with Gasteiger partial charge in [0.05, 0.1) is 10.6 Å². The van der Waals surface area contributed by atoms with Gasteiger partial charge >= 0.3 is 0 Å². The van der Waals surface area contributed by atoms with E-state index in [0.717, 1.165) is 6.07 Å². The molecule has 88 valence electrons. The number of hydrogen-bond acceptors (Lipinski definition) is 1. The van der Waals surface area contributed by atoms with E-state index >= 15 is 0 Å². The van der Waals surface area contributed by atoms with Crippen molar-refractivity contribution in [1.29, 1.82) is 0 Å². The van der Waals surface area contributed by atoms with Gasteiger partial charge < -0.3 is 5.32 Å². The molecule has 0 radical (unpaired) electrons. The number of benzene rings is 1. The van der Waals surface area contributed by atoms with E-state index in [4.69, 9.17) is 23.2 Å². The Morgan fingerprint density at radius 3 is 2.81 bits per heavy atom. The van der Waals surface area contributed by atoms with Crippen molar-refractivity contribution in [3.8, 4) is 0 Å². The highest BCUT2D eigenvalue weighted by molar-refractivity contribution is 6.33. The van der Waals surface area contributed by atoms with Crippen molar-refractivity contribution in [2.75, 3.05) is 5.88 Å². The van der Waals surface area contributed by atoms with Crippen molar-refractivity contribution >= 4 is 29.1 Å². The second-order valence-electron chi connectivity index (χ2n) is 3.48. The highest BCUT2D eigenvalue weighted by Gasteiger charge is 2.13. The monoisotopic (exact) mass is 263 g/mol. The fourth-order valence-electron chi connectivity index (χ4n) is 1.21. The summed E-state index contributed by atoms with van der Waals surface area (Å²) in [4.78, 5) is 11.7. The van der Waals surface area contributed by atoms with Gasteiger partial charge in [0.25, 0.3) is 5.91 Å². The van der Waals surface area contributed by atoms with E-state index in [9.17, 15) is 9.18 Å². The molecule has 16 heavy (non-hydrogen) atoms. The molecular formula is C11H12Cl2FNO. The number of halogens is 3. The molecule has 1 aromatic rings. The lowest BCUT2D eigenvalue weighted by Gasteiger charge is -2.12. The van der Waals surface area contributed by atoms with Gasteiger partial charge in [0.15, 0.2) is 0 Å². The SMILES string of the molecule is CC(CCCl)NC(=O)c1ccc(F)cc1Cl. The van der Waals surface area contributed by atoms with Gasteiger partial charge in [-0.25, -0.2) is 4.39 Å². The lowest BCUT2D eigenvalue weighted by molar-refractivity contribution is 0.0939. The zero-order chi connectivity index (χ0) is 12.1. The van der Waals surface area contributed by atoms with Crippen molar-refractivity contribution < 1.29 is 9.18 Å². The van der Waals surface area contributed by atoms with Gasteiger partial charge in [-0.1, -0.05) is 11.6 Å². The highest BCUT2D eigenvalue weighted by Crippen LogP contribution is 2.17. The first-order valence-electron chi connectivity index (χ1n) is 4.86. The van der Waals surface area contributed by atoms with Gasteiger partial charge in [0.2, 0.25) is 0 Å². The fourth-order valence-corrected chi connectivity index (χ4v) is 1.79. The first-order valence-corrected chi connectivity index (χ1v) is 5.77. The van der Waals surface area contributed by atoms with Gasteiger partial charge in [-0.3, -0.25) is 4.79 Å².